The van der Waals surface area contributed by atoms with E-state index in [-0.39, 0.29) is 37.2 Å². The fourth-order valence-corrected chi connectivity index (χ4v) is 19.3. The highest BCUT2D eigenvalue weighted by atomic mass is 19.1. The lowest BCUT2D eigenvalue weighted by Crippen LogP contribution is -2.36. The molecular weight excluding hydrogens is 1900 g/mol. The molecule has 5 aliphatic rings. The monoisotopic (exact) mass is 2020 g/mol. The van der Waals surface area contributed by atoms with Crippen LogP contribution in [0.15, 0.2) is 244 Å². The molecule has 1 saturated carbocycles. The predicted octanol–water partition coefficient (Wildman–Crippen LogP) is 19.3. The van der Waals surface area contributed by atoms with Crippen LogP contribution >= 0.6 is 0 Å². The zero-order valence-corrected chi connectivity index (χ0v) is 86.2. The summed E-state index contributed by atoms with van der Waals surface area (Å²) in [5.74, 6) is 5.95. The molecule has 35 nitrogen and oxygen atoms in total. The summed E-state index contributed by atoms with van der Waals surface area (Å²) in [5, 5.41) is 17.3. The number of imide groups is 1. The maximum atomic E-state index is 13.0. The van der Waals surface area contributed by atoms with Crippen molar-refractivity contribution in [3.63, 3.8) is 0 Å². The fourth-order valence-electron chi connectivity index (χ4n) is 19.3. The first kappa shape index (κ1) is 102. The first-order valence-corrected chi connectivity index (χ1v) is 50.8. The normalized spacial score (nSPS) is 15.0. The standard InChI is InChI=1S/C35H34N6O5.C27H33N7O2.C27H32N6O2.C25H26FN5O2/c1-44-26-16-25(17-27(19-26)45-2)39(13-7-14-40-34(42)28-8-3-4-9-29(28)35(40)43)24-11-12-30-31(18-24)38-32(21-36-30)23-20-37-41(22-23)33-10-5-6-15-46-33;1-32-17-19(15-30-32)27-16-29-25-6-5-21(13-26(25)31-27)34(9-4-8-33-10-7-20(28)18-33)22-11-23(35-2)14-24(12-22)36-3;1-31-19-20(17-29-31)27-18-28-25-8-7-21(15-26(25)30-27)33(12-11-32-9-5-4-6-10-32)22-13-23(34-2)16-24(14-22)35-3;1-32-21-9-20(10-22(12-21)33-2)31(15-17-3-4-17)19-5-6-23-24(11-19)29-25(14-27-23)18-13-28-30(16-18)8-7-26/h3-4,8-9,11-12,16-22,33H,5-7,10,13-15H2,1-2H3;5-6,11-17,20H,4,7-10,18,28H2,1-3H3;7-8,13-19H,4-6,9-12H2,1-3H3;5-6,9-14,16-17H,3-4,7-8,15H2,1-2H3. The Morgan fingerprint density at radius 2 is 0.760 bits per heavy atom. The van der Waals surface area contributed by atoms with Gasteiger partial charge in [-0.3, -0.25) is 48.5 Å². The fraction of sp³-hybridized carbons (Fsp3) is 0.333. The number of benzene rings is 9. The van der Waals surface area contributed by atoms with Gasteiger partial charge in [0.25, 0.3) is 11.8 Å². The molecule has 0 radical (unpaired) electrons. The predicted molar refractivity (Wildman–Crippen MR) is 579 cm³/mol. The van der Waals surface area contributed by atoms with Crippen LogP contribution in [0.5, 0.6) is 46.0 Å². The lowest BCUT2D eigenvalue weighted by molar-refractivity contribution is -0.0394. The van der Waals surface area contributed by atoms with E-state index in [2.05, 4.69) is 118 Å². The number of carbonyl (C=O) groups is 2. The maximum Gasteiger partial charge on any atom is 0.261 e. The van der Waals surface area contributed by atoms with Gasteiger partial charge in [-0.1, -0.05) is 18.6 Å². The maximum absolute atomic E-state index is 13.0. The van der Waals surface area contributed by atoms with Crippen molar-refractivity contribution in [3.8, 4) is 91.0 Å². The Morgan fingerprint density at radius 3 is 1.15 bits per heavy atom. The molecule has 0 spiro atoms. The average Bonchev–Trinajstić information content (AvgIpc) is 1.69. The quantitative estimate of drug-likeness (QED) is 0.0356. The van der Waals surface area contributed by atoms with Crippen LogP contribution in [-0.2, 0) is 25.4 Å². The molecule has 2 atom stereocenters. The number of anilines is 8. The van der Waals surface area contributed by atoms with Crippen molar-refractivity contribution in [2.24, 2.45) is 25.7 Å². The number of aryl methyl sites for hydroxylation is 3. The third-order valence-corrected chi connectivity index (χ3v) is 27.6. The number of nitrogens with zero attached hydrogens (tertiary/aromatic N) is 23. The molecule has 8 aromatic heterocycles. The average molecular weight is 2030 g/mol. The first-order chi connectivity index (χ1) is 73.3. The lowest BCUT2D eigenvalue weighted by atomic mass is 10.1. The Balaban J connectivity index is 0.000000127. The molecule has 36 heteroatoms. The summed E-state index contributed by atoms with van der Waals surface area (Å²) >= 11 is 0. The van der Waals surface area contributed by atoms with Gasteiger partial charge in [0.05, 0.1) is 191 Å². The minimum Gasteiger partial charge on any atom is -0.497 e. The van der Waals surface area contributed by atoms with Gasteiger partial charge in [-0.05, 0) is 181 Å². The SMILES string of the molecule is COc1cc(OC)cc(N(CC2CC2)c2ccc3ncc(-c4cnn(CCF)c4)nc3c2)c1.COc1cc(OC)cc(N(CCCN2C(=O)c3ccccc3C2=O)c2ccc3ncc(-c4cnn(C5CCCCO5)c4)nc3c2)c1.COc1cc(OC)cc(N(CCCN2CCC(N)C2)c2ccc3ncc(-c4cnn(C)c4)nc3c2)c1.COc1cc(OC)cc(N(CCN2CCCCC2)c2ccc3ncc(-c4cnn(C)c4)nc3c2)c1. The van der Waals surface area contributed by atoms with Crippen molar-refractivity contribution in [2.75, 3.05) is 162 Å². The molecule has 17 aromatic rings. The van der Waals surface area contributed by atoms with Crippen LogP contribution < -0.4 is 63.2 Å². The number of likely N-dealkylation sites (tertiary alicyclic amines) is 2. The van der Waals surface area contributed by atoms with Crippen LogP contribution in [0.25, 0.3) is 89.2 Å². The third-order valence-electron chi connectivity index (χ3n) is 27.6. The van der Waals surface area contributed by atoms with Crippen molar-refractivity contribution in [3.05, 3.63) is 255 Å². The highest BCUT2D eigenvalue weighted by Crippen LogP contribution is 2.43. The zero-order chi connectivity index (χ0) is 104. The molecule has 2 unspecified atom stereocenters. The summed E-state index contributed by atoms with van der Waals surface area (Å²) in [6.07, 6.45) is 33.8. The number of fused-ring (bicyclic) bond motifs is 5. The number of rotatable bonds is 36. The van der Waals surface area contributed by atoms with Crippen molar-refractivity contribution in [2.45, 2.75) is 89.4 Å². The van der Waals surface area contributed by atoms with Gasteiger partial charge in [0.1, 0.15) is 58.9 Å². The Kier molecular flexibility index (Phi) is 32.5. The van der Waals surface area contributed by atoms with Crippen LogP contribution in [0.2, 0.25) is 0 Å². The van der Waals surface area contributed by atoms with Crippen molar-refractivity contribution >= 4 is 101 Å². The molecule has 9 aromatic carbocycles. The Hall–Kier alpha value is -16.3. The lowest BCUT2D eigenvalue weighted by Gasteiger charge is -2.31. The second-order valence-corrected chi connectivity index (χ2v) is 37.8. The Labute approximate surface area is 870 Å². The van der Waals surface area contributed by atoms with E-state index >= 15 is 0 Å². The number of alkyl halides is 1. The summed E-state index contributed by atoms with van der Waals surface area (Å²) in [6.45, 7) is 10.2. The van der Waals surface area contributed by atoms with Crippen LogP contribution in [-0.4, -0.2) is 254 Å². The van der Waals surface area contributed by atoms with Gasteiger partial charge in [0.15, 0.2) is 0 Å². The summed E-state index contributed by atoms with van der Waals surface area (Å²) < 4.78 is 69.9. The van der Waals surface area contributed by atoms with E-state index in [4.69, 9.17) is 68.3 Å². The summed E-state index contributed by atoms with van der Waals surface area (Å²) in [4.78, 5) is 79.5. The molecule has 4 aliphatic heterocycles. The van der Waals surface area contributed by atoms with Gasteiger partial charge >= 0.3 is 0 Å². The third kappa shape index (κ3) is 24.5. The molecule has 0 bridgehead atoms. The van der Waals surface area contributed by atoms with Crippen LogP contribution in [0.1, 0.15) is 97.6 Å². The second-order valence-electron chi connectivity index (χ2n) is 37.8. The minimum absolute atomic E-state index is 0.0590. The number of halogens is 1. The van der Waals surface area contributed by atoms with Crippen LogP contribution in [0.3, 0.4) is 0 Å². The van der Waals surface area contributed by atoms with Gasteiger partial charge in [0, 0.05) is 238 Å². The molecule has 2 amide bonds. The summed E-state index contributed by atoms with van der Waals surface area (Å²) in [5.41, 5.74) is 27.9. The smallest absolute Gasteiger partial charge is 0.261 e. The second kappa shape index (κ2) is 47.7. The van der Waals surface area contributed by atoms with E-state index in [1.54, 1.807) is 145 Å². The van der Waals surface area contributed by atoms with Gasteiger partial charge in [-0.25, -0.2) is 29.0 Å². The van der Waals surface area contributed by atoms with Crippen LogP contribution in [0.4, 0.5) is 49.9 Å². The number of methoxy groups -OCH3 is 8. The number of aromatic nitrogens is 16. The Bertz CT molecular complexity index is 7450. The molecular formula is C114H125FN24O11. The molecule has 150 heavy (non-hydrogen) atoms. The highest BCUT2D eigenvalue weighted by molar-refractivity contribution is 6.21. The van der Waals surface area contributed by atoms with E-state index in [1.807, 2.05) is 141 Å². The van der Waals surface area contributed by atoms with E-state index in [0.717, 1.165) is 255 Å². The molecule has 4 fully saturated rings. The van der Waals surface area contributed by atoms with Gasteiger partial charge in [0.2, 0.25) is 0 Å². The topological polar surface area (TPSA) is 340 Å². The van der Waals surface area contributed by atoms with E-state index in [1.165, 1.54) is 37.0 Å². The number of hydrogen-bond donors (Lipinski definition) is 1. The molecule has 2 N–H and O–H groups in total. The van der Waals surface area contributed by atoms with E-state index < -0.39 is 6.67 Å². The highest BCUT2D eigenvalue weighted by Gasteiger charge is 2.36. The summed E-state index contributed by atoms with van der Waals surface area (Å²) in [7, 11) is 17.0. The molecule has 1 aliphatic carbocycles. The minimum atomic E-state index is -0.459. The molecule has 12 heterocycles. The molecule has 3 saturated heterocycles. The number of amides is 2. The Morgan fingerprint density at radius 1 is 0.367 bits per heavy atom. The van der Waals surface area contributed by atoms with Crippen molar-refractivity contribution in [1.82, 2.24) is 93.7 Å². The van der Waals surface area contributed by atoms with Gasteiger partial charge < -0.3 is 77.8 Å². The van der Waals surface area contributed by atoms with Crippen molar-refractivity contribution in [1.29, 1.82) is 0 Å². The van der Waals surface area contributed by atoms with Crippen LogP contribution in [0, 0.1) is 5.92 Å². The van der Waals surface area contributed by atoms with Gasteiger partial charge in [-0.15, -0.1) is 0 Å². The van der Waals surface area contributed by atoms with E-state index in [0.29, 0.717) is 52.9 Å². The number of piperidine rings is 1. The number of hydrogen-bond acceptors (Lipinski definition) is 30. The number of nitrogens with two attached hydrogens (primary N) is 1. The van der Waals surface area contributed by atoms with Crippen molar-refractivity contribution < 1.29 is 56.6 Å². The largest absolute Gasteiger partial charge is 0.497 e. The zero-order valence-electron chi connectivity index (χ0n) is 86.2. The van der Waals surface area contributed by atoms with Gasteiger partial charge in [-0.2, -0.15) is 20.4 Å². The molecule has 774 valence electrons. The van der Waals surface area contributed by atoms with E-state index in [9.17, 15) is 14.0 Å². The number of carbonyl (C=O) groups excluding carboxylic acids is 2. The number of ether oxygens (including phenoxy) is 9. The first-order valence-electron chi connectivity index (χ1n) is 50.8. The molecule has 22 rings (SSSR count). The summed E-state index contributed by atoms with van der Waals surface area (Å²) in [6, 6.07) is 55.3.